The van der Waals surface area contributed by atoms with Gasteiger partial charge in [-0.1, -0.05) is 17.7 Å². The molecule has 176 valence electrons. The van der Waals surface area contributed by atoms with Gasteiger partial charge < -0.3 is 14.9 Å². The van der Waals surface area contributed by atoms with Gasteiger partial charge in [-0.05, 0) is 48.7 Å². The lowest BCUT2D eigenvalue weighted by molar-refractivity contribution is -0.159. The van der Waals surface area contributed by atoms with Gasteiger partial charge in [0.15, 0.2) is 0 Å². The topological polar surface area (TPSA) is 124 Å². The van der Waals surface area contributed by atoms with Crippen LogP contribution in [0.4, 0.5) is 0 Å². The summed E-state index contributed by atoms with van der Waals surface area (Å²) < 4.78 is 33.1. The first-order valence-corrected chi connectivity index (χ1v) is 12.4. The SMILES string of the molecule is O=C(O)C(=O)O.O=S(=O)(c1ccc(Cl)cc1)N(CCCN1CCOCC1)Cc1cccs1. The summed E-state index contributed by atoms with van der Waals surface area (Å²) in [4.78, 5) is 21.8. The van der Waals surface area contributed by atoms with Crippen molar-refractivity contribution in [3.8, 4) is 0 Å². The normalized spacial score (nSPS) is 14.6. The van der Waals surface area contributed by atoms with Crippen LogP contribution in [0.1, 0.15) is 11.3 Å². The van der Waals surface area contributed by atoms with E-state index in [1.54, 1.807) is 39.9 Å². The van der Waals surface area contributed by atoms with Crippen molar-refractivity contribution in [1.29, 1.82) is 0 Å². The predicted molar refractivity (Wildman–Crippen MR) is 121 cm³/mol. The Kier molecular flexibility index (Phi) is 10.6. The van der Waals surface area contributed by atoms with E-state index in [0.29, 0.717) is 18.1 Å². The molecule has 32 heavy (non-hydrogen) atoms. The smallest absolute Gasteiger partial charge is 0.414 e. The second kappa shape index (κ2) is 12.9. The van der Waals surface area contributed by atoms with E-state index >= 15 is 0 Å². The van der Waals surface area contributed by atoms with Crippen molar-refractivity contribution in [2.24, 2.45) is 0 Å². The lowest BCUT2D eigenvalue weighted by Crippen LogP contribution is -2.39. The fourth-order valence-corrected chi connectivity index (χ4v) is 5.30. The van der Waals surface area contributed by atoms with E-state index in [-0.39, 0.29) is 4.90 Å². The number of hydrogen-bond donors (Lipinski definition) is 2. The van der Waals surface area contributed by atoms with Crippen molar-refractivity contribution in [3.63, 3.8) is 0 Å². The van der Waals surface area contributed by atoms with E-state index in [0.717, 1.165) is 44.1 Å². The number of thiophene rings is 1. The molecule has 1 aromatic heterocycles. The highest BCUT2D eigenvalue weighted by atomic mass is 35.5. The van der Waals surface area contributed by atoms with Crippen LogP contribution in [0.3, 0.4) is 0 Å². The van der Waals surface area contributed by atoms with Crippen LogP contribution in [0.2, 0.25) is 5.02 Å². The summed E-state index contributed by atoms with van der Waals surface area (Å²) in [6, 6.07) is 10.3. The lowest BCUT2D eigenvalue weighted by atomic mass is 10.3. The zero-order valence-corrected chi connectivity index (χ0v) is 19.6. The monoisotopic (exact) mass is 504 g/mol. The van der Waals surface area contributed by atoms with E-state index < -0.39 is 22.0 Å². The first kappa shape index (κ1) is 26.2. The van der Waals surface area contributed by atoms with Crippen molar-refractivity contribution in [3.05, 3.63) is 51.7 Å². The van der Waals surface area contributed by atoms with E-state index in [9.17, 15) is 8.42 Å². The van der Waals surface area contributed by atoms with Gasteiger partial charge in [0.2, 0.25) is 10.0 Å². The van der Waals surface area contributed by atoms with Gasteiger partial charge in [0.05, 0.1) is 18.1 Å². The van der Waals surface area contributed by atoms with Gasteiger partial charge in [-0.15, -0.1) is 11.3 Å². The number of halogens is 1. The molecule has 1 fully saturated rings. The van der Waals surface area contributed by atoms with Crippen molar-refractivity contribution in [2.75, 3.05) is 39.4 Å². The number of hydrogen-bond acceptors (Lipinski definition) is 7. The van der Waals surface area contributed by atoms with Gasteiger partial charge in [-0.25, -0.2) is 18.0 Å². The lowest BCUT2D eigenvalue weighted by Gasteiger charge is -2.28. The average Bonchev–Trinajstić information content (AvgIpc) is 3.28. The van der Waals surface area contributed by atoms with Crippen LogP contribution >= 0.6 is 22.9 Å². The van der Waals surface area contributed by atoms with Crippen molar-refractivity contribution in [1.82, 2.24) is 9.21 Å². The summed E-state index contributed by atoms with van der Waals surface area (Å²) in [6.07, 6.45) is 0.790. The van der Waals surface area contributed by atoms with Crippen LogP contribution < -0.4 is 0 Å². The Morgan fingerprint density at radius 1 is 1.09 bits per heavy atom. The standard InChI is InChI=1S/C18H23ClN2O3S2.C2H2O4/c19-16-4-6-18(7-5-16)26(22,23)21(15-17-3-1-14-25-17)9-2-8-20-10-12-24-13-11-20;3-1(4)2(5)6/h1,3-7,14H,2,8-13,15H2;(H,3,4)(H,5,6). The Balaban J connectivity index is 0.000000534. The number of nitrogens with zero attached hydrogens (tertiary/aromatic N) is 2. The maximum atomic E-state index is 13.1. The first-order chi connectivity index (χ1) is 15.2. The van der Waals surface area contributed by atoms with Crippen LogP contribution in [0.25, 0.3) is 0 Å². The van der Waals surface area contributed by atoms with E-state index in [1.165, 1.54) is 0 Å². The summed E-state index contributed by atoms with van der Waals surface area (Å²) in [5.41, 5.74) is 0. The Bertz CT molecular complexity index is 948. The Hall–Kier alpha value is -2.02. The fourth-order valence-electron chi connectivity index (χ4n) is 2.91. The highest BCUT2D eigenvalue weighted by molar-refractivity contribution is 7.89. The number of benzene rings is 1. The summed E-state index contributed by atoms with van der Waals surface area (Å²) in [5, 5.41) is 17.3. The third-order valence-electron chi connectivity index (χ3n) is 4.53. The van der Waals surface area contributed by atoms with Gasteiger partial charge in [0, 0.05) is 36.1 Å². The minimum absolute atomic E-state index is 0.282. The summed E-state index contributed by atoms with van der Waals surface area (Å²) >= 11 is 7.48. The molecular weight excluding hydrogens is 480 g/mol. The fraction of sp³-hybridized carbons (Fsp3) is 0.400. The quantitative estimate of drug-likeness (QED) is 0.525. The number of carbonyl (C=O) groups is 2. The third kappa shape index (κ3) is 8.49. The Morgan fingerprint density at radius 3 is 2.25 bits per heavy atom. The van der Waals surface area contributed by atoms with Gasteiger partial charge in [0.1, 0.15) is 0 Å². The second-order valence-electron chi connectivity index (χ2n) is 6.79. The van der Waals surface area contributed by atoms with Gasteiger partial charge >= 0.3 is 11.9 Å². The minimum Gasteiger partial charge on any atom is -0.473 e. The van der Waals surface area contributed by atoms with E-state index in [2.05, 4.69) is 4.90 Å². The predicted octanol–water partition coefficient (Wildman–Crippen LogP) is 2.47. The maximum absolute atomic E-state index is 13.1. The number of rotatable bonds is 8. The summed E-state index contributed by atoms with van der Waals surface area (Å²) in [5.74, 6) is -3.65. The molecule has 1 aromatic carbocycles. The largest absolute Gasteiger partial charge is 0.473 e. The number of sulfonamides is 1. The molecule has 1 aliphatic rings. The highest BCUT2D eigenvalue weighted by Crippen LogP contribution is 2.22. The molecule has 0 unspecified atom stereocenters. The number of morpholine rings is 1. The molecular formula is C20H25ClN2O7S2. The van der Waals surface area contributed by atoms with Crippen LogP contribution in [0.15, 0.2) is 46.7 Å². The molecule has 12 heteroatoms. The zero-order valence-electron chi connectivity index (χ0n) is 17.2. The minimum atomic E-state index is -3.56. The molecule has 0 bridgehead atoms. The van der Waals surface area contributed by atoms with Crippen LogP contribution in [-0.4, -0.2) is 79.2 Å². The van der Waals surface area contributed by atoms with Crippen LogP contribution in [0.5, 0.6) is 0 Å². The molecule has 0 saturated carbocycles. The molecule has 0 radical (unpaired) electrons. The first-order valence-electron chi connectivity index (χ1n) is 9.74. The molecule has 9 nitrogen and oxygen atoms in total. The third-order valence-corrected chi connectivity index (χ3v) is 7.50. The molecule has 2 heterocycles. The number of ether oxygens (including phenoxy) is 1. The van der Waals surface area contributed by atoms with Crippen molar-refractivity contribution < 1.29 is 33.0 Å². The number of carboxylic acids is 2. The number of carboxylic acid groups (broad SMARTS) is 2. The maximum Gasteiger partial charge on any atom is 0.414 e. The zero-order chi connectivity index (χ0) is 23.6. The van der Waals surface area contributed by atoms with Gasteiger partial charge in [0.25, 0.3) is 0 Å². The van der Waals surface area contributed by atoms with E-state index in [1.807, 2.05) is 17.5 Å². The number of aliphatic carboxylic acids is 2. The molecule has 1 saturated heterocycles. The molecule has 0 atom stereocenters. The van der Waals surface area contributed by atoms with Gasteiger partial charge in [-0.3, -0.25) is 4.90 Å². The average molecular weight is 505 g/mol. The van der Waals surface area contributed by atoms with Crippen molar-refractivity contribution in [2.45, 2.75) is 17.9 Å². The molecule has 0 amide bonds. The van der Waals surface area contributed by atoms with Crippen LogP contribution in [-0.2, 0) is 30.9 Å². The summed E-state index contributed by atoms with van der Waals surface area (Å²) in [7, 11) is -3.56. The van der Waals surface area contributed by atoms with Gasteiger partial charge in [-0.2, -0.15) is 4.31 Å². The second-order valence-corrected chi connectivity index (χ2v) is 10.2. The van der Waals surface area contributed by atoms with E-state index in [4.69, 9.17) is 36.1 Å². The van der Waals surface area contributed by atoms with Crippen LogP contribution in [0, 0.1) is 0 Å². The molecule has 3 rings (SSSR count). The summed E-state index contributed by atoms with van der Waals surface area (Å²) in [6.45, 7) is 5.08. The molecule has 2 N–H and O–H groups in total. The van der Waals surface area contributed by atoms with Crippen molar-refractivity contribution >= 4 is 44.9 Å². The molecule has 0 spiro atoms. The Morgan fingerprint density at radius 2 is 1.72 bits per heavy atom. The highest BCUT2D eigenvalue weighted by Gasteiger charge is 2.25. The molecule has 0 aliphatic carbocycles. The Labute approximate surface area is 195 Å². The molecule has 2 aromatic rings. The molecule has 1 aliphatic heterocycles.